The maximum absolute atomic E-state index is 12.1. The summed E-state index contributed by atoms with van der Waals surface area (Å²) in [5.74, 6) is 0.322. The van der Waals surface area contributed by atoms with E-state index in [1.165, 1.54) is 0 Å². The smallest absolute Gasteiger partial charge is 0.317 e. The van der Waals surface area contributed by atoms with Crippen LogP contribution in [0.5, 0.6) is 0 Å². The molecular weight excluding hydrogens is 244 g/mol. The molecule has 2 aliphatic rings. The molecule has 1 heterocycles. The van der Waals surface area contributed by atoms with Gasteiger partial charge in [0.1, 0.15) is 0 Å². The topological polar surface area (TPSA) is 69.6 Å². The van der Waals surface area contributed by atoms with E-state index in [-0.39, 0.29) is 17.9 Å². The van der Waals surface area contributed by atoms with Crippen LogP contribution in [0.25, 0.3) is 0 Å². The summed E-state index contributed by atoms with van der Waals surface area (Å²) in [5.41, 5.74) is -0.196. The molecule has 1 saturated heterocycles. The molecule has 0 radical (unpaired) electrons. The molecule has 0 spiro atoms. The highest BCUT2D eigenvalue weighted by atomic mass is 16.4. The normalized spacial score (nSPS) is 28.8. The lowest BCUT2D eigenvalue weighted by Gasteiger charge is -2.41. The first-order chi connectivity index (χ1) is 8.92. The summed E-state index contributed by atoms with van der Waals surface area (Å²) >= 11 is 0. The van der Waals surface area contributed by atoms with Crippen molar-refractivity contribution in [3.8, 4) is 0 Å². The van der Waals surface area contributed by atoms with E-state index >= 15 is 0 Å². The average Bonchev–Trinajstić information content (AvgIpc) is 2.62. The zero-order chi connectivity index (χ0) is 14.0. The SMILES string of the molecule is CC1CN(C(=O)NCC2(CC(=O)O)CCC2)CC1C. The number of amides is 2. The van der Waals surface area contributed by atoms with Crippen LogP contribution in [0.2, 0.25) is 0 Å². The summed E-state index contributed by atoms with van der Waals surface area (Å²) in [7, 11) is 0. The van der Waals surface area contributed by atoms with Crippen LogP contribution in [0.3, 0.4) is 0 Å². The van der Waals surface area contributed by atoms with Crippen LogP contribution in [0.15, 0.2) is 0 Å². The Bertz CT molecular complexity index is 356. The molecule has 2 rings (SSSR count). The molecule has 5 nitrogen and oxygen atoms in total. The van der Waals surface area contributed by atoms with Crippen molar-refractivity contribution in [2.75, 3.05) is 19.6 Å². The number of nitrogens with one attached hydrogen (secondary N) is 1. The van der Waals surface area contributed by atoms with Gasteiger partial charge in [-0.1, -0.05) is 20.3 Å². The van der Waals surface area contributed by atoms with Crippen molar-refractivity contribution in [3.63, 3.8) is 0 Å². The zero-order valence-corrected chi connectivity index (χ0v) is 11.8. The number of carbonyl (C=O) groups is 2. The van der Waals surface area contributed by atoms with Crippen LogP contribution < -0.4 is 5.32 Å². The molecule has 0 aromatic rings. The van der Waals surface area contributed by atoms with E-state index < -0.39 is 5.97 Å². The quantitative estimate of drug-likeness (QED) is 0.818. The van der Waals surface area contributed by atoms with Gasteiger partial charge < -0.3 is 15.3 Å². The number of nitrogens with zero attached hydrogens (tertiary/aromatic N) is 1. The van der Waals surface area contributed by atoms with Crippen LogP contribution >= 0.6 is 0 Å². The fourth-order valence-corrected chi connectivity index (χ4v) is 3.08. The predicted molar refractivity (Wildman–Crippen MR) is 71.8 cm³/mol. The van der Waals surface area contributed by atoms with Gasteiger partial charge in [-0.2, -0.15) is 0 Å². The Labute approximate surface area is 114 Å². The first-order valence-electron chi connectivity index (χ1n) is 7.16. The van der Waals surface area contributed by atoms with Crippen molar-refractivity contribution in [1.29, 1.82) is 0 Å². The highest BCUT2D eigenvalue weighted by Crippen LogP contribution is 2.43. The highest BCUT2D eigenvalue weighted by Gasteiger charge is 2.40. The summed E-state index contributed by atoms with van der Waals surface area (Å²) in [6.07, 6.45) is 3.06. The molecule has 1 aliphatic carbocycles. The molecule has 2 unspecified atom stereocenters. The molecule has 5 heteroatoms. The molecular formula is C14H24N2O3. The van der Waals surface area contributed by atoms with Crippen LogP contribution in [-0.4, -0.2) is 41.6 Å². The third-order valence-electron chi connectivity index (χ3n) is 4.83. The second-order valence-corrected chi connectivity index (χ2v) is 6.44. The third-order valence-corrected chi connectivity index (χ3v) is 4.83. The largest absolute Gasteiger partial charge is 0.481 e. The van der Waals surface area contributed by atoms with E-state index in [0.717, 1.165) is 32.4 Å². The summed E-state index contributed by atoms with van der Waals surface area (Å²) < 4.78 is 0. The van der Waals surface area contributed by atoms with E-state index in [4.69, 9.17) is 5.11 Å². The molecule has 2 atom stereocenters. The minimum absolute atomic E-state index is 0.0344. The van der Waals surface area contributed by atoms with Crippen molar-refractivity contribution in [1.82, 2.24) is 10.2 Å². The summed E-state index contributed by atoms with van der Waals surface area (Å²) in [4.78, 5) is 24.8. The second kappa shape index (κ2) is 5.39. The zero-order valence-electron chi connectivity index (χ0n) is 11.8. The first-order valence-corrected chi connectivity index (χ1v) is 7.16. The Morgan fingerprint density at radius 3 is 2.26 bits per heavy atom. The molecule has 1 saturated carbocycles. The molecule has 0 aromatic heterocycles. The fourth-order valence-electron chi connectivity index (χ4n) is 3.08. The van der Waals surface area contributed by atoms with E-state index in [1.54, 1.807) is 0 Å². The number of carboxylic acid groups (broad SMARTS) is 1. The van der Waals surface area contributed by atoms with Gasteiger partial charge in [-0.3, -0.25) is 4.79 Å². The minimum Gasteiger partial charge on any atom is -0.481 e. The van der Waals surface area contributed by atoms with E-state index in [1.807, 2.05) is 4.90 Å². The van der Waals surface area contributed by atoms with Crippen molar-refractivity contribution >= 4 is 12.0 Å². The molecule has 2 N–H and O–H groups in total. The van der Waals surface area contributed by atoms with E-state index in [9.17, 15) is 9.59 Å². The number of aliphatic carboxylic acids is 1. The highest BCUT2D eigenvalue weighted by molar-refractivity contribution is 5.75. The van der Waals surface area contributed by atoms with Gasteiger partial charge in [-0.05, 0) is 30.1 Å². The van der Waals surface area contributed by atoms with Crippen molar-refractivity contribution in [2.24, 2.45) is 17.3 Å². The number of hydrogen-bond donors (Lipinski definition) is 2. The van der Waals surface area contributed by atoms with Crippen LogP contribution in [-0.2, 0) is 4.79 Å². The minimum atomic E-state index is -0.766. The lowest BCUT2D eigenvalue weighted by Crippen LogP contribution is -2.47. The fraction of sp³-hybridized carbons (Fsp3) is 0.857. The van der Waals surface area contributed by atoms with Gasteiger partial charge in [0.15, 0.2) is 0 Å². The van der Waals surface area contributed by atoms with Crippen LogP contribution in [0.4, 0.5) is 4.79 Å². The maximum Gasteiger partial charge on any atom is 0.317 e. The lowest BCUT2D eigenvalue weighted by molar-refractivity contribution is -0.141. The van der Waals surface area contributed by atoms with Gasteiger partial charge in [0.05, 0.1) is 6.42 Å². The van der Waals surface area contributed by atoms with E-state index in [2.05, 4.69) is 19.2 Å². The monoisotopic (exact) mass is 268 g/mol. The van der Waals surface area contributed by atoms with Gasteiger partial charge in [-0.15, -0.1) is 0 Å². The molecule has 2 amide bonds. The third kappa shape index (κ3) is 3.19. The van der Waals surface area contributed by atoms with Crippen molar-refractivity contribution in [3.05, 3.63) is 0 Å². The molecule has 0 aromatic carbocycles. The Morgan fingerprint density at radius 1 is 1.26 bits per heavy atom. The van der Waals surface area contributed by atoms with Gasteiger partial charge in [-0.25, -0.2) is 4.79 Å². The standard InChI is InChI=1S/C14H24N2O3/c1-10-7-16(8-11(10)2)13(19)15-9-14(4-3-5-14)6-12(17)18/h10-11H,3-9H2,1-2H3,(H,15,19)(H,17,18). The lowest BCUT2D eigenvalue weighted by atomic mass is 9.66. The maximum atomic E-state index is 12.1. The van der Waals surface area contributed by atoms with Gasteiger partial charge in [0.2, 0.25) is 0 Å². The van der Waals surface area contributed by atoms with E-state index in [0.29, 0.717) is 18.4 Å². The second-order valence-electron chi connectivity index (χ2n) is 6.44. The molecule has 1 aliphatic heterocycles. The molecule has 108 valence electrons. The van der Waals surface area contributed by atoms with Gasteiger partial charge >= 0.3 is 12.0 Å². The number of hydrogen-bond acceptors (Lipinski definition) is 2. The summed E-state index contributed by atoms with van der Waals surface area (Å²) in [6.45, 7) is 6.43. The first kappa shape index (κ1) is 14.2. The van der Waals surface area contributed by atoms with Crippen LogP contribution in [0.1, 0.15) is 39.5 Å². The van der Waals surface area contributed by atoms with Gasteiger partial charge in [0.25, 0.3) is 0 Å². The number of carbonyl (C=O) groups excluding carboxylic acids is 1. The van der Waals surface area contributed by atoms with Crippen LogP contribution in [0, 0.1) is 17.3 Å². The van der Waals surface area contributed by atoms with Gasteiger partial charge in [0, 0.05) is 19.6 Å². The molecule has 0 bridgehead atoms. The van der Waals surface area contributed by atoms with Crippen molar-refractivity contribution in [2.45, 2.75) is 39.5 Å². The molecule has 2 fully saturated rings. The Hall–Kier alpha value is -1.26. The Balaban J connectivity index is 1.81. The number of carboxylic acids is 1. The summed E-state index contributed by atoms with van der Waals surface area (Å²) in [5, 5.41) is 11.9. The number of rotatable bonds is 4. The number of urea groups is 1. The number of likely N-dealkylation sites (tertiary alicyclic amines) is 1. The molecule has 19 heavy (non-hydrogen) atoms. The van der Waals surface area contributed by atoms with Crippen molar-refractivity contribution < 1.29 is 14.7 Å². The Kier molecular flexibility index (Phi) is 4.02. The average molecular weight is 268 g/mol. The predicted octanol–water partition coefficient (Wildman–Crippen LogP) is 1.93. The Morgan fingerprint density at radius 2 is 1.84 bits per heavy atom. The summed E-state index contributed by atoms with van der Waals surface area (Å²) in [6, 6.07) is -0.0344.